The summed E-state index contributed by atoms with van der Waals surface area (Å²) in [6, 6.07) is 0. The van der Waals surface area contributed by atoms with E-state index < -0.39 is 0 Å². The van der Waals surface area contributed by atoms with E-state index in [1.165, 1.54) is 25.7 Å². The molecule has 2 N–H and O–H groups in total. The van der Waals surface area contributed by atoms with Crippen LogP contribution in [0.2, 0.25) is 0 Å². The summed E-state index contributed by atoms with van der Waals surface area (Å²) in [4.78, 5) is 0. The van der Waals surface area contributed by atoms with Crippen molar-refractivity contribution in [1.29, 1.82) is 0 Å². The van der Waals surface area contributed by atoms with Crippen LogP contribution >= 0.6 is 12.4 Å². The first-order chi connectivity index (χ1) is 7.25. The molecule has 0 saturated heterocycles. The summed E-state index contributed by atoms with van der Waals surface area (Å²) < 4.78 is 7.53. The van der Waals surface area contributed by atoms with Crippen molar-refractivity contribution in [2.45, 2.75) is 44.6 Å². The molecule has 0 spiro atoms. The largest absolute Gasteiger partial charge is 0.472 e. The van der Waals surface area contributed by atoms with Crippen LogP contribution in [0.1, 0.15) is 38.5 Å². The number of nitrogens with zero attached hydrogens (tertiary/aromatic N) is 2. The summed E-state index contributed by atoms with van der Waals surface area (Å²) in [6.07, 6.45) is 9.55. The molecule has 0 radical (unpaired) electrons. The van der Waals surface area contributed by atoms with Gasteiger partial charge in [0.05, 0.1) is 6.20 Å². The van der Waals surface area contributed by atoms with E-state index in [4.69, 9.17) is 10.5 Å². The molecular weight excluding hydrogens is 226 g/mol. The van der Waals surface area contributed by atoms with Gasteiger partial charge in [0, 0.05) is 7.05 Å². The maximum atomic E-state index is 5.83. The molecule has 0 amide bonds. The van der Waals surface area contributed by atoms with Gasteiger partial charge in [-0.15, -0.1) is 17.5 Å². The van der Waals surface area contributed by atoms with Gasteiger partial charge in [0.2, 0.25) is 0 Å². The average molecular weight is 246 g/mol. The number of rotatable bonds is 2. The van der Waals surface area contributed by atoms with Gasteiger partial charge in [-0.3, -0.25) is 4.68 Å². The maximum Gasteiger partial charge on any atom is 0.256 e. The molecule has 4 nitrogen and oxygen atoms in total. The van der Waals surface area contributed by atoms with Crippen molar-refractivity contribution < 1.29 is 4.74 Å². The number of hydrogen-bond donors (Lipinski definition) is 1. The van der Waals surface area contributed by atoms with Crippen LogP contribution in [0.15, 0.2) is 6.20 Å². The first kappa shape index (κ1) is 13.2. The molecule has 1 aliphatic rings. The zero-order chi connectivity index (χ0) is 10.7. The predicted octanol–water partition coefficient (Wildman–Crippen LogP) is 2.53. The van der Waals surface area contributed by atoms with Crippen LogP contribution in [0.5, 0.6) is 5.88 Å². The number of halogens is 1. The van der Waals surface area contributed by atoms with Gasteiger partial charge >= 0.3 is 0 Å². The third-order valence-electron chi connectivity index (χ3n) is 2.90. The molecule has 16 heavy (non-hydrogen) atoms. The Balaban J connectivity index is 0.00000128. The number of nitrogen functional groups attached to an aromatic ring is 1. The van der Waals surface area contributed by atoms with Crippen molar-refractivity contribution in [3.05, 3.63) is 6.20 Å². The number of anilines is 1. The third kappa shape index (κ3) is 3.30. The van der Waals surface area contributed by atoms with Crippen LogP contribution < -0.4 is 10.5 Å². The topological polar surface area (TPSA) is 53.1 Å². The summed E-state index contributed by atoms with van der Waals surface area (Å²) >= 11 is 0. The van der Waals surface area contributed by atoms with Gasteiger partial charge in [0.1, 0.15) is 11.8 Å². The van der Waals surface area contributed by atoms with Gasteiger partial charge in [0.25, 0.3) is 5.88 Å². The minimum Gasteiger partial charge on any atom is -0.472 e. The second-order valence-electron chi connectivity index (χ2n) is 4.29. The fourth-order valence-electron chi connectivity index (χ4n) is 2.10. The Morgan fingerprint density at radius 2 is 1.94 bits per heavy atom. The van der Waals surface area contributed by atoms with E-state index in [9.17, 15) is 0 Å². The number of aryl methyl sites for hydroxylation is 1. The Morgan fingerprint density at radius 1 is 1.31 bits per heavy atom. The molecule has 1 aromatic heterocycles. The van der Waals surface area contributed by atoms with E-state index in [-0.39, 0.29) is 12.4 Å². The van der Waals surface area contributed by atoms with Crippen LogP contribution in [0, 0.1) is 0 Å². The Morgan fingerprint density at radius 3 is 2.44 bits per heavy atom. The molecule has 2 rings (SSSR count). The van der Waals surface area contributed by atoms with Crippen LogP contribution in [0.3, 0.4) is 0 Å². The van der Waals surface area contributed by atoms with Crippen molar-refractivity contribution in [2.24, 2.45) is 7.05 Å². The number of aromatic nitrogens is 2. The third-order valence-corrected chi connectivity index (χ3v) is 2.90. The lowest BCUT2D eigenvalue weighted by molar-refractivity contribution is 0.176. The molecule has 0 unspecified atom stereocenters. The lowest BCUT2D eigenvalue weighted by Gasteiger charge is -2.14. The van der Waals surface area contributed by atoms with E-state index in [1.807, 2.05) is 7.05 Å². The minimum absolute atomic E-state index is 0. The quantitative estimate of drug-likeness (QED) is 0.815. The maximum absolute atomic E-state index is 5.83. The van der Waals surface area contributed by atoms with Gasteiger partial charge < -0.3 is 10.5 Å². The standard InChI is InChI=1S/C11H19N3O.ClH/c1-14-8-10(12)11(13-14)15-9-6-4-2-3-5-7-9;/h8-9H,2-7,12H2,1H3;1H. The molecule has 1 aliphatic carbocycles. The molecule has 1 heterocycles. The molecule has 5 heteroatoms. The van der Waals surface area contributed by atoms with E-state index in [2.05, 4.69) is 5.10 Å². The van der Waals surface area contributed by atoms with Gasteiger partial charge in [-0.05, 0) is 25.7 Å². The Bertz CT molecular complexity index is 319. The van der Waals surface area contributed by atoms with Crippen molar-refractivity contribution in [3.63, 3.8) is 0 Å². The summed E-state index contributed by atoms with van der Waals surface area (Å²) in [7, 11) is 1.86. The second-order valence-corrected chi connectivity index (χ2v) is 4.29. The average Bonchev–Trinajstić information content (AvgIpc) is 2.44. The molecule has 0 aromatic carbocycles. The fourth-order valence-corrected chi connectivity index (χ4v) is 2.10. The van der Waals surface area contributed by atoms with Crippen molar-refractivity contribution in [2.75, 3.05) is 5.73 Å². The fraction of sp³-hybridized carbons (Fsp3) is 0.727. The van der Waals surface area contributed by atoms with E-state index in [1.54, 1.807) is 10.9 Å². The van der Waals surface area contributed by atoms with Gasteiger partial charge in [-0.25, -0.2) is 0 Å². The zero-order valence-corrected chi connectivity index (χ0v) is 10.5. The van der Waals surface area contributed by atoms with Crippen LogP contribution in [-0.2, 0) is 7.05 Å². The Hall–Kier alpha value is -0.900. The monoisotopic (exact) mass is 245 g/mol. The van der Waals surface area contributed by atoms with E-state index in [0.29, 0.717) is 17.7 Å². The molecule has 0 aliphatic heterocycles. The second kappa shape index (κ2) is 5.99. The lowest BCUT2D eigenvalue weighted by atomic mass is 10.1. The lowest BCUT2D eigenvalue weighted by Crippen LogP contribution is -2.16. The molecule has 1 fully saturated rings. The first-order valence-electron chi connectivity index (χ1n) is 5.71. The smallest absolute Gasteiger partial charge is 0.256 e. The highest BCUT2D eigenvalue weighted by Crippen LogP contribution is 2.25. The number of hydrogen-bond acceptors (Lipinski definition) is 3. The van der Waals surface area contributed by atoms with Crippen LogP contribution in [0.25, 0.3) is 0 Å². The Labute approximate surface area is 103 Å². The van der Waals surface area contributed by atoms with Crippen LogP contribution in [-0.4, -0.2) is 15.9 Å². The van der Waals surface area contributed by atoms with Crippen molar-refractivity contribution in [1.82, 2.24) is 9.78 Å². The summed E-state index contributed by atoms with van der Waals surface area (Å²) in [6.45, 7) is 0. The van der Waals surface area contributed by atoms with Crippen molar-refractivity contribution in [3.8, 4) is 5.88 Å². The minimum atomic E-state index is 0. The SMILES string of the molecule is Cl.Cn1cc(N)c(OC2CCCCCC2)n1. The highest BCUT2D eigenvalue weighted by Gasteiger charge is 2.16. The zero-order valence-electron chi connectivity index (χ0n) is 9.69. The predicted molar refractivity (Wildman–Crippen MR) is 67.0 cm³/mol. The van der Waals surface area contributed by atoms with Gasteiger partial charge in [0.15, 0.2) is 0 Å². The molecule has 0 atom stereocenters. The number of ether oxygens (including phenoxy) is 1. The summed E-state index contributed by atoms with van der Waals surface area (Å²) in [5, 5.41) is 4.20. The van der Waals surface area contributed by atoms with Gasteiger partial charge in [-0.1, -0.05) is 12.8 Å². The molecule has 92 valence electrons. The van der Waals surface area contributed by atoms with E-state index in [0.717, 1.165) is 12.8 Å². The normalized spacial score (nSPS) is 17.6. The highest BCUT2D eigenvalue weighted by molar-refractivity contribution is 5.85. The first-order valence-corrected chi connectivity index (χ1v) is 5.71. The van der Waals surface area contributed by atoms with E-state index >= 15 is 0 Å². The molecule has 1 saturated carbocycles. The molecular formula is C11H20ClN3O. The molecule has 0 bridgehead atoms. The summed E-state index contributed by atoms with van der Waals surface area (Å²) in [5.41, 5.74) is 6.43. The van der Waals surface area contributed by atoms with Crippen LogP contribution in [0.4, 0.5) is 5.69 Å². The molecule has 1 aromatic rings. The number of nitrogens with two attached hydrogens (primary N) is 1. The van der Waals surface area contributed by atoms with Gasteiger partial charge in [-0.2, -0.15) is 0 Å². The Kier molecular flexibility index (Phi) is 4.93. The summed E-state index contributed by atoms with van der Waals surface area (Å²) in [5.74, 6) is 0.601. The highest BCUT2D eigenvalue weighted by atomic mass is 35.5. The van der Waals surface area contributed by atoms with Crippen molar-refractivity contribution >= 4 is 18.1 Å².